The van der Waals surface area contributed by atoms with Crippen molar-refractivity contribution in [2.75, 3.05) is 5.75 Å². The molecule has 0 atom stereocenters. The zero-order chi connectivity index (χ0) is 19.2. The summed E-state index contributed by atoms with van der Waals surface area (Å²) in [6.45, 7) is 3.90. The zero-order valence-electron chi connectivity index (χ0n) is 15.7. The summed E-state index contributed by atoms with van der Waals surface area (Å²) < 4.78 is 1.93. The van der Waals surface area contributed by atoms with E-state index in [2.05, 4.69) is 20.8 Å². The average Bonchev–Trinajstić information content (AvgIpc) is 3.01. The number of carbonyl (C=O) groups is 2. The Morgan fingerprint density at radius 1 is 1.15 bits per heavy atom. The van der Waals surface area contributed by atoms with E-state index in [1.165, 1.54) is 18.2 Å². The lowest BCUT2D eigenvalue weighted by Crippen LogP contribution is -2.45. The fraction of sp³-hybridized carbons (Fsp3) is 0.474. The lowest BCUT2D eigenvalue weighted by molar-refractivity contribution is -0.117. The summed E-state index contributed by atoms with van der Waals surface area (Å²) in [5.74, 6) is 0.509. The minimum Gasteiger partial charge on any atom is -0.335 e. The first-order chi connectivity index (χ1) is 13.0. The molecule has 0 aliphatic heterocycles. The molecular formula is C19H25N5O2S. The molecule has 0 bridgehead atoms. The van der Waals surface area contributed by atoms with Crippen molar-refractivity contribution in [3.8, 4) is 5.69 Å². The summed E-state index contributed by atoms with van der Waals surface area (Å²) in [6, 6.07) is 7.70. The Hall–Kier alpha value is -2.35. The van der Waals surface area contributed by atoms with Crippen molar-refractivity contribution in [1.29, 1.82) is 0 Å². The van der Waals surface area contributed by atoms with Gasteiger partial charge in [-0.15, -0.1) is 10.2 Å². The van der Waals surface area contributed by atoms with E-state index in [4.69, 9.17) is 0 Å². The SMILES string of the molecule is Cc1ccccc1-n1c(C)nnc1SCC(=O)NC(=O)NC1CCCCC1. The Labute approximate surface area is 163 Å². The Morgan fingerprint density at radius 2 is 1.89 bits per heavy atom. The van der Waals surface area contributed by atoms with E-state index in [1.54, 1.807) is 0 Å². The molecule has 8 heteroatoms. The van der Waals surface area contributed by atoms with Crippen LogP contribution in [0.3, 0.4) is 0 Å². The molecule has 1 aromatic carbocycles. The predicted molar refractivity (Wildman–Crippen MR) is 105 cm³/mol. The van der Waals surface area contributed by atoms with Crippen LogP contribution in [0.15, 0.2) is 29.4 Å². The predicted octanol–water partition coefficient (Wildman–Crippen LogP) is 3.13. The van der Waals surface area contributed by atoms with E-state index in [1.807, 2.05) is 42.7 Å². The van der Waals surface area contributed by atoms with Gasteiger partial charge in [0.2, 0.25) is 5.91 Å². The molecule has 1 aliphatic rings. The van der Waals surface area contributed by atoms with Gasteiger partial charge in [0, 0.05) is 6.04 Å². The summed E-state index contributed by atoms with van der Waals surface area (Å²) >= 11 is 1.26. The third kappa shape index (κ3) is 5.09. The molecule has 0 radical (unpaired) electrons. The van der Waals surface area contributed by atoms with E-state index >= 15 is 0 Å². The number of urea groups is 1. The van der Waals surface area contributed by atoms with Crippen molar-refractivity contribution >= 4 is 23.7 Å². The number of hydrogen-bond donors (Lipinski definition) is 2. The van der Waals surface area contributed by atoms with Crippen molar-refractivity contribution in [1.82, 2.24) is 25.4 Å². The second-order valence-corrected chi connectivity index (χ2v) is 7.74. The van der Waals surface area contributed by atoms with Gasteiger partial charge < -0.3 is 5.32 Å². The van der Waals surface area contributed by atoms with Gasteiger partial charge in [0.05, 0.1) is 11.4 Å². The Morgan fingerprint density at radius 3 is 2.63 bits per heavy atom. The number of nitrogens with zero attached hydrogens (tertiary/aromatic N) is 3. The van der Waals surface area contributed by atoms with Crippen LogP contribution in [0, 0.1) is 13.8 Å². The Bertz CT molecular complexity index is 814. The number of rotatable bonds is 5. The van der Waals surface area contributed by atoms with E-state index in [9.17, 15) is 9.59 Å². The fourth-order valence-corrected chi connectivity index (χ4v) is 4.08. The van der Waals surface area contributed by atoms with Crippen LogP contribution in [-0.2, 0) is 4.79 Å². The van der Waals surface area contributed by atoms with Gasteiger partial charge in [-0.05, 0) is 38.3 Å². The number of thioether (sulfide) groups is 1. The molecule has 0 saturated heterocycles. The first kappa shape index (κ1) is 19.4. The summed E-state index contributed by atoms with van der Waals surface area (Å²) in [4.78, 5) is 24.1. The van der Waals surface area contributed by atoms with E-state index in [0.29, 0.717) is 5.16 Å². The van der Waals surface area contributed by atoms with Crippen molar-refractivity contribution < 1.29 is 9.59 Å². The van der Waals surface area contributed by atoms with Crippen molar-refractivity contribution in [2.45, 2.75) is 57.1 Å². The number of amides is 3. The molecule has 7 nitrogen and oxygen atoms in total. The first-order valence-corrected chi connectivity index (χ1v) is 10.2. The number of para-hydroxylation sites is 1. The van der Waals surface area contributed by atoms with Crippen molar-refractivity contribution in [2.24, 2.45) is 0 Å². The van der Waals surface area contributed by atoms with Crippen LogP contribution in [0.5, 0.6) is 0 Å². The maximum Gasteiger partial charge on any atom is 0.321 e. The Kier molecular flexibility index (Phi) is 6.49. The summed E-state index contributed by atoms with van der Waals surface area (Å²) in [7, 11) is 0. The Balaban J connectivity index is 1.56. The smallest absolute Gasteiger partial charge is 0.321 e. The van der Waals surface area contributed by atoms with Crippen molar-refractivity contribution in [3.05, 3.63) is 35.7 Å². The van der Waals surface area contributed by atoms with Gasteiger partial charge in [-0.2, -0.15) is 0 Å². The number of benzene rings is 1. The van der Waals surface area contributed by atoms with E-state index < -0.39 is 6.03 Å². The quantitative estimate of drug-likeness (QED) is 0.770. The van der Waals surface area contributed by atoms with Crippen LogP contribution in [0.25, 0.3) is 5.69 Å². The molecule has 3 amide bonds. The molecule has 1 saturated carbocycles. The van der Waals surface area contributed by atoms with Gasteiger partial charge in [0.25, 0.3) is 0 Å². The summed E-state index contributed by atoms with van der Waals surface area (Å²) in [5.41, 5.74) is 2.08. The molecule has 1 fully saturated rings. The third-order valence-electron chi connectivity index (χ3n) is 4.68. The number of nitrogens with one attached hydrogen (secondary N) is 2. The lowest BCUT2D eigenvalue weighted by atomic mass is 9.96. The molecule has 1 heterocycles. The number of carbonyl (C=O) groups excluding carboxylic acids is 2. The number of imide groups is 1. The second-order valence-electron chi connectivity index (χ2n) is 6.80. The average molecular weight is 388 g/mol. The molecule has 2 N–H and O–H groups in total. The van der Waals surface area contributed by atoms with E-state index in [0.717, 1.165) is 42.8 Å². The molecule has 0 spiro atoms. The lowest BCUT2D eigenvalue weighted by Gasteiger charge is -2.22. The molecule has 144 valence electrons. The number of aryl methyl sites for hydroxylation is 2. The van der Waals surface area contributed by atoms with Gasteiger partial charge in [-0.3, -0.25) is 14.7 Å². The van der Waals surface area contributed by atoms with Gasteiger partial charge >= 0.3 is 6.03 Å². The standard InChI is InChI=1S/C19H25N5O2S/c1-13-8-6-7-11-16(13)24-14(2)22-23-19(24)27-12-17(25)21-18(26)20-15-9-4-3-5-10-15/h6-8,11,15H,3-5,9-10,12H2,1-2H3,(H2,20,21,25,26). The fourth-order valence-electron chi connectivity index (χ4n) is 3.29. The highest BCUT2D eigenvalue weighted by Gasteiger charge is 2.18. The van der Waals surface area contributed by atoms with Gasteiger partial charge in [-0.25, -0.2) is 4.79 Å². The highest BCUT2D eigenvalue weighted by molar-refractivity contribution is 7.99. The molecule has 0 unspecified atom stereocenters. The van der Waals surface area contributed by atoms with Crippen LogP contribution < -0.4 is 10.6 Å². The molecular weight excluding hydrogens is 362 g/mol. The van der Waals surface area contributed by atoms with Gasteiger partial charge in [0.15, 0.2) is 5.16 Å². The minimum atomic E-state index is -0.413. The molecule has 1 aromatic heterocycles. The monoisotopic (exact) mass is 387 g/mol. The summed E-state index contributed by atoms with van der Waals surface area (Å²) in [6.07, 6.45) is 5.44. The molecule has 27 heavy (non-hydrogen) atoms. The van der Waals surface area contributed by atoms with Gasteiger partial charge in [0.1, 0.15) is 5.82 Å². The van der Waals surface area contributed by atoms with Crippen LogP contribution in [0.4, 0.5) is 4.79 Å². The highest BCUT2D eigenvalue weighted by atomic mass is 32.2. The first-order valence-electron chi connectivity index (χ1n) is 9.26. The van der Waals surface area contributed by atoms with Gasteiger partial charge in [-0.1, -0.05) is 49.2 Å². The molecule has 3 rings (SSSR count). The topological polar surface area (TPSA) is 88.9 Å². The normalized spacial score (nSPS) is 14.7. The second kappa shape index (κ2) is 9.03. The third-order valence-corrected chi connectivity index (χ3v) is 5.61. The van der Waals surface area contributed by atoms with Crippen LogP contribution >= 0.6 is 11.8 Å². The number of hydrogen-bond acceptors (Lipinski definition) is 5. The maximum atomic E-state index is 12.1. The van der Waals surface area contributed by atoms with E-state index in [-0.39, 0.29) is 17.7 Å². The van der Waals surface area contributed by atoms with Crippen LogP contribution in [0.1, 0.15) is 43.5 Å². The maximum absolute atomic E-state index is 12.1. The molecule has 1 aliphatic carbocycles. The number of aromatic nitrogens is 3. The zero-order valence-corrected chi connectivity index (χ0v) is 16.5. The van der Waals surface area contributed by atoms with Crippen LogP contribution in [-0.4, -0.2) is 38.5 Å². The summed E-state index contributed by atoms with van der Waals surface area (Å²) in [5, 5.41) is 14.2. The minimum absolute atomic E-state index is 0.0993. The van der Waals surface area contributed by atoms with Crippen LogP contribution in [0.2, 0.25) is 0 Å². The largest absolute Gasteiger partial charge is 0.335 e. The van der Waals surface area contributed by atoms with Crippen molar-refractivity contribution in [3.63, 3.8) is 0 Å². The highest BCUT2D eigenvalue weighted by Crippen LogP contribution is 2.23. The molecule has 2 aromatic rings.